The number of likely N-dealkylation sites (tertiary alicyclic amines) is 1. The van der Waals surface area contributed by atoms with E-state index in [1.54, 1.807) is 12.1 Å². The monoisotopic (exact) mass is 640 g/mol. The molecule has 2 aromatic heterocycles. The average Bonchev–Trinajstić information content (AvgIpc) is 3.08. The fraction of sp³-hybridized carbons (Fsp3) is 0.367. The molecule has 0 bridgehead atoms. The standard InChI is InChI=1S/C30H27BrCl2N4O3/c31-20-13-19-6-5-18-14-21(32)15-23(33)25(18)26(27(19)35-16-20)17-7-11-36(12-8-17)24(38)4-2-10-37-29(39)22-3-1-9-34-28(22)30(37)40/h1,3,9,13-17,26H,2,4-8,10-12H2. The number of rotatable bonds is 5. The maximum absolute atomic E-state index is 13.1. The van der Waals surface area contributed by atoms with Crippen molar-refractivity contribution in [2.45, 2.75) is 44.4 Å². The number of nitrogens with zero attached hydrogens (tertiary/aromatic N) is 4. The van der Waals surface area contributed by atoms with E-state index < -0.39 is 5.91 Å². The molecule has 206 valence electrons. The average molecular weight is 642 g/mol. The molecule has 1 unspecified atom stereocenters. The summed E-state index contributed by atoms with van der Waals surface area (Å²) < 4.78 is 0.956. The fourth-order valence-electron chi connectivity index (χ4n) is 6.38. The number of halogens is 3. The molecule has 2 aliphatic heterocycles. The van der Waals surface area contributed by atoms with Crippen LogP contribution in [-0.2, 0) is 17.6 Å². The number of imide groups is 1. The number of benzene rings is 1. The van der Waals surface area contributed by atoms with E-state index in [9.17, 15) is 14.4 Å². The van der Waals surface area contributed by atoms with Crippen LogP contribution in [0.2, 0.25) is 10.0 Å². The third-order valence-corrected chi connectivity index (χ3v) is 9.25. The quantitative estimate of drug-likeness (QED) is 0.315. The molecule has 1 fully saturated rings. The zero-order valence-electron chi connectivity index (χ0n) is 21.7. The molecule has 1 aromatic carbocycles. The first kappa shape index (κ1) is 27.4. The second kappa shape index (κ2) is 11.2. The van der Waals surface area contributed by atoms with Gasteiger partial charge >= 0.3 is 0 Å². The summed E-state index contributed by atoms with van der Waals surface area (Å²) in [5.74, 6) is -0.381. The number of carbonyl (C=O) groups is 3. The van der Waals surface area contributed by atoms with Gasteiger partial charge in [0.15, 0.2) is 0 Å². The van der Waals surface area contributed by atoms with Crippen LogP contribution in [-0.4, -0.2) is 57.1 Å². The van der Waals surface area contributed by atoms with Gasteiger partial charge in [-0.15, -0.1) is 0 Å². The zero-order valence-corrected chi connectivity index (χ0v) is 24.8. The zero-order chi connectivity index (χ0) is 28.0. The van der Waals surface area contributed by atoms with Gasteiger partial charge in [-0.2, -0.15) is 0 Å². The van der Waals surface area contributed by atoms with Gasteiger partial charge in [-0.3, -0.25) is 29.3 Å². The number of pyridine rings is 2. The van der Waals surface area contributed by atoms with Gasteiger partial charge in [0.25, 0.3) is 11.8 Å². The smallest absolute Gasteiger partial charge is 0.280 e. The molecule has 1 aliphatic carbocycles. The van der Waals surface area contributed by atoms with Crippen LogP contribution in [0.25, 0.3) is 0 Å². The van der Waals surface area contributed by atoms with Gasteiger partial charge in [0.05, 0.1) is 11.3 Å². The van der Waals surface area contributed by atoms with Crippen molar-refractivity contribution in [3.63, 3.8) is 0 Å². The van der Waals surface area contributed by atoms with E-state index in [2.05, 4.69) is 27.0 Å². The van der Waals surface area contributed by atoms with Crippen molar-refractivity contribution < 1.29 is 14.4 Å². The normalized spacial score (nSPS) is 18.8. The highest BCUT2D eigenvalue weighted by molar-refractivity contribution is 9.10. The summed E-state index contributed by atoms with van der Waals surface area (Å²) in [4.78, 5) is 50.2. The van der Waals surface area contributed by atoms with Crippen molar-refractivity contribution in [3.05, 3.63) is 90.9 Å². The van der Waals surface area contributed by atoms with E-state index in [1.165, 1.54) is 22.2 Å². The van der Waals surface area contributed by atoms with Crippen LogP contribution in [0.5, 0.6) is 0 Å². The third kappa shape index (κ3) is 5.06. The predicted octanol–water partition coefficient (Wildman–Crippen LogP) is 6.09. The number of hydrogen-bond acceptors (Lipinski definition) is 5. The largest absolute Gasteiger partial charge is 0.343 e. The Hall–Kier alpha value is -2.81. The van der Waals surface area contributed by atoms with E-state index in [4.69, 9.17) is 28.2 Å². The summed E-state index contributed by atoms with van der Waals surface area (Å²) in [6.07, 6.45) is 7.42. The van der Waals surface area contributed by atoms with Gasteiger partial charge in [-0.25, -0.2) is 0 Å². The first-order valence-corrected chi connectivity index (χ1v) is 15.1. The van der Waals surface area contributed by atoms with Gasteiger partial charge in [0, 0.05) is 58.9 Å². The van der Waals surface area contributed by atoms with Crippen LogP contribution < -0.4 is 0 Å². The Kier molecular flexibility index (Phi) is 7.68. The number of hydrogen-bond donors (Lipinski definition) is 0. The Morgan fingerprint density at radius 3 is 2.58 bits per heavy atom. The summed E-state index contributed by atoms with van der Waals surface area (Å²) in [6.45, 7) is 1.49. The summed E-state index contributed by atoms with van der Waals surface area (Å²) in [6, 6.07) is 9.26. The summed E-state index contributed by atoms with van der Waals surface area (Å²) >= 11 is 16.8. The molecule has 0 saturated carbocycles. The Bertz CT molecular complexity index is 1490. The van der Waals surface area contributed by atoms with Gasteiger partial charge in [-0.1, -0.05) is 23.2 Å². The topological polar surface area (TPSA) is 83.5 Å². The van der Waals surface area contributed by atoms with E-state index >= 15 is 0 Å². The van der Waals surface area contributed by atoms with Crippen LogP contribution >= 0.6 is 39.1 Å². The third-order valence-electron chi connectivity index (χ3n) is 8.28. The van der Waals surface area contributed by atoms with E-state index in [-0.39, 0.29) is 42.3 Å². The first-order valence-electron chi connectivity index (χ1n) is 13.5. The number of amides is 3. The molecular formula is C30H27BrCl2N4O3. The predicted molar refractivity (Wildman–Crippen MR) is 156 cm³/mol. The summed E-state index contributed by atoms with van der Waals surface area (Å²) in [5.41, 5.74) is 5.06. The molecule has 6 rings (SSSR count). The maximum Gasteiger partial charge on any atom is 0.280 e. The highest BCUT2D eigenvalue weighted by atomic mass is 79.9. The van der Waals surface area contributed by atoms with Crippen molar-refractivity contribution in [2.24, 2.45) is 5.92 Å². The van der Waals surface area contributed by atoms with Crippen molar-refractivity contribution >= 4 is 56.9 Å². The molecule has 3 amide bonds. The van der Waals surface area contributed by atoms with Gasteiger partial charge in [0.2, 0.25) is 5.91 Å². The Morgan fingerprint density at radius 2 is 1.80 bits per heavy atom. The minimum absolute atomic E-state index is 0.0325. The summed E-state index contributed by atoms with van der Waals surface area (Å²) in [5, 5.41) is 1.31. The van der Waals surface area contributed by atoms with Crippen LogP contribution in [0.15, 0.2) is 47.2 Å². The number of aromatic nitrogens is 2. The lowest BCUT2D eigenvalue weighted by Crippen LogP contribution is -2.40. The molecule has 3 aromatic rings. The second-order valence-electron chi connectivity index (χ2n) is 10.6. The molecule has 0 radical (unpaired) electrons. The molecule has 0 N–H and O–H groups in total. The molecule has 4 heterocycles. The fourth-order valence-corrected chi connectivity index (χ4v) is 7.41. The summed E-state index contributed by atoms with van der Waals surface area (Å²) in [7, 11) is 0. The van der Waals surface area contributed by atoms with Crippen molar-refractivity contribution in [1.82, 2.24) is 19.8 Å². The SMILES string of the molecule is O=C(CCCN1C(=O)c2cccnc2C1=O)N1CCC(C2c3ncc(Br)cc3CCc3cc(Cl)cc(Cl)c32)CC1. The Labute approximate surface area is 251 Å². The Morgan fingerprint density at radius 1 is 1.02 bits per heavy atom. The van der Waals surface area contributed by atoms with Crippen molar-refractivity contribution in [3.8, 4) is 0 Å². The number of piperidine rings is 1. The highest BCUT2D eigenvalue weighted by Gasteiger charge is 2.38. The molecule has 40 heavy (non-hydrogen) atoms. The van der Waals surface area contributed by atoms with Gasteiger partial charge in [-0.05, 0) is 101 Å². The molecule has 1 atom stereocenters. The van der Waals surface area contributed by atoms with E-state index in [0.717, 1.165) is 41.4 Å². The van der Waals surface area contributed by atoms with Crippen LogP contribution in [0.4, 0.5) is 0 Å². The molecule has 3 aliphatic rings. The van der Waals surface area contributed by atoms with Gasteiger partial charge < -0.3 is 4.90 Å². The number of aryl methyl sites for hydroxylation is 2. The number of fused-ring (bicyclic) bond motifs is 3. The minimum Gasteiger partial charge on any atom is -0.343 e. The number of carbonyl (C=O) groups excluding carboxylic acids is 3. The lowest BCUT2D eigenvalue weighted by molar-refractivity contribution is -0.132. The van der Waals surface area contributed by atoms with E-state index in [1.807, 2.05) is 23.2 Å². The molecule has 10 heteroatoms. The van der Waals surface area contributed by atoms with Crippen molar-refractivity contribution in [1.29, 1.82) is 0 Å². The van der Waals surface area contributed by atoms with Crippen LogP contribution in [0.1, 0.15) is 74.8 Å². The highest BCUT2D eigenvalue weighted by Crippen LogP contribution is 2.46. The molecule has 1 saturated heterocycles. The lowest BCUT2D eigenvalue weighted by atomic mass is 9.76. The van der Waals surface area contributed by atoms with Gasteiger partial charge in [0.1, 0.15) is 5.69 Å². The maximum atomic E-state index is 13.1. The molecule has 0 spiro atoms. The van der Waals surface area contributed by atoms with Crippen molar-refractivity contribution in [2.75, 3.05) is 19.6 Å². The first-order chi connectivity index (χ1) is 19.3. The lowest BCUT2D eigenvalue weighted by Gasteiger charge is -2.37. The molecule has 7 nitrogen and oxygen atoms in total. The second-order valence-corrected chi connectivity index (χ2v) is 12.4. The molecular weight excluding hydrogens is 615 g/mol. The van der Waals surface area contributed by atoms with E-state index in [0.29, 0.717) is 35.1 Å². The minimum atomic E-state index is -0.390. The van der Waals surface area contributed by atoms with Crippen LogP contribution in [0, 0.1) is 5.92 Å². The Balaban J connectivity index is 1.12. The van der Waals surface area contributed by atoms with Crippen LogP contribution in [0.3, 0.4) is 0 Å².